The second-order valence-electron chi connectivity index (χ2n) is 8.00. The molecule has 0 N–H and O–H groups in total. The van der Waals surface area contributed by atoms with Crippen LogP contribution in [0.5, 0.6) is 0 Å². The molecule has 5 rings (SSSR count). The van der Waals surface area contributed by atoms with Crippen molar-refractivity contribution in [3.63, 3.8) is 0 Å². The number of allylic oxidation sites excluding steroid dienone is 1. The van der Waals surface area contributed by atoms with E-state index in [-0.39, 0.29) is 5.41 Å². The highest BCUT2D eigenvalue weighted by molar-refractivity contribution is 5.62. The number of nitrogens with zero attached hydrogens (tertiary/aromatic N) is 2. The van der Waals surface area contributed by atoms with Gasteiger partial charge < -0.3 is 0 Å². The number of aromatic nitrogens is 2. The molecule has 1 aromatic heterocycles. The van der Waals surface area contributed by atoms with Crippen molar-refractivity contribution < 1.29 is 4.57 Å². The van der Waals surface area contributed by atoms with E-state index in [1.807, 2.05) is 0 Å². The van der Waals surface area contributed by atoms with Crippen LogP contribution in [0.1, 0.15) is 29.4 Å². The monoisotopic (exact) mass is 377 g/mol. The summed E-state index contributed by atoms with van der Waals surface area (Å²) in [5, 5.41) is 0. The molecule has 2 nitrogen and oxygen atoms in total. The quantitative estimate of drug-likeness (QED) is 0.397. The Morgan fingerprint density at radius 3 is 2.07 bits per heavy atom. The Hall–Kier alpha value is -3.39. The van der Waals surface area contributed by atoms with Gasteiger partial charge in [0, 0.05) is 6.92 Å². The van der Waals surface area contributed by atoms with E-state index in [0.29, 0.717) is 0 Å². The first-order valence-corrected chi connectivity index (χ1v) is 10.1. The molecular formula is C27H25N2+. The van der Waals surface area contributed by atoms with E-state index < -0.39 is 0 Å². The van der Waals surface area contributed by atoms with Crippen LogP contribution in [0, 0.1) is 13.8 Å². The summed E-state index contributed by atoms with van der Waals surface area (Å²) in [7, 11) is 0. The SMILES string of the molecule is Cc1ccccc1-n1c(C)c2[n+](c1-c1ccccc1)C=CC2(C)c1ccccc1. The van der Waals surface area contributed by atoms with E-state index in [2.05, 4.69) is 127 Å². The third-order valence-electron chi connectivity index (χ3n) is 6.17. The number of fused-ring (bicyclic) bond motifs is 1. The van der Waals surface area contributed by atoms with Gasteiger partial charge in [0.2, 0.25) is 0 Å². The second-order valence-corrected chi connectivity index (χ2v) is 8.00. The summed E-state index contributed by atoms with van der Waals surface area (Å²) in [6, 6.07) is 30.1. The molecule has 4 aromatic rings. The van der Waals surface area contributed by atoms with Crippen LogP contribution in [0.25, 0.3) is 23.3 Å². The first-order chi connectivity index (χ1) is 14.1. The van der Waals surface area contributed by atoms with Crippen molar-refractivity contribution in [3.05, 3.63) is 114 Å². The van der Waals surface area contributed by atoms with Gasteiger partial charge in [0.15, 0.2) is 11.4 Å². The van der Waals surface area contributed by atoms with Gasteiger partial charge in [-0.3, -0.25) is 0 Å². The van der Waals surface area contributed by atoms with Crippen LogP contribution in [0.3, 0.4) is 0 Å². The number of aryl methyl sites for hydroxylation is 1. The van der Waals surface area contributed by atoms with Crippen LogP contribution in [0.2, 0.25) is 0 Å². The standard InChI is InChI=1S/C27H25N2/c1-20-12-10-11-17-24(20)29-21(2)25-27(3,23-15-8-5-9-16-23)18-19-28(25)26(29)22-13-6-4-7-14-22/h4-19H,1-3H3/q+1. The lowest BCUT2D eigenvalue weighted by Gasteiger charge is -2.20. The molecule has 1 atom stereocenters. The molecule has 0 saturated carbocycles. The molecular weight excluding hydrogens is 352 g/mol. The lowest BCUT2D eigenvalue weighted by molar-refractivity contribution is -0.561. The van der Waals surface area contributed by atoms with Crippen molar-refractivity contribution in [1.82, 2.24) is 4.57 Å². The van der Waals surface area contributed by atoms with E-state index >= 15 is 0 Å². The average Bonchev–Trinajstić information content (AvgIpc) is 3.26. The highest BCUT2D eigenvalue weighted by Crippen LogP contribution is 2.40. The zero-order chi connectivity index (χ0) is 20.0. The van der Waals surface area contributed by atoms with Crippen molar-refractivity contribution in [3.8, 4) is 17.1 Å². The van der Waals surface area contributed by atoms with Gasteiger partial charge in [-0.2, -0.15) is 9.13 Å². The number of rotatable bonds is 3. The van der Waals surface area contributed by atoms with Crippen LogP contribution in [-0.2, 0) is 5.41 Å². The Morgan fingerprint density at radius 2 is 1.38 bits per heavy atom. The number of para-hydroxylation sites is 1. The molecule has 3 aromatic carbocycles. The predicted octanol–water partition coefficient (Wildman–Crippen LogP) is 5.84. The Labute approximate surface area is 172 Å². The molecule has 0 radical (unpaired) electrons. The zero-order valence-electron chi connectivity index (χ0n) is 17.1. The number of benzene rings is 3. The number of imidazole rings is 1. The van der Waals surface area contributed by atoms with E-state index in [1.54, 1.807) is 0 Å². The van der Waals surface area contributed by atoms with Gasteiger partial charge in [-0.1, -0.05) is 66.7 Å². The minimum absolute atomic E-state index is 0.164. The third kappa shape index (κ3) is 2.60. The van der Waals surface area contributed by atoms with Gasteiger partial charge in [-0.25, -0.2) is 0 Å². The van der Waals surface area contributed by atoms with E-state index in [0.717, 1.165) is 0 Å². The summed E-state index contributed by atoms with van der Waals surface area (Å²) < 4.78 is 4.80. The van der Waals surface area contributed by atoms with Crippen molar-refractivity contribution in [2.45, 2.75) is 26.2 Å². The summed E-state index contributed by atoms with van der Waals surface area (Å²) in [4.78, 5) is 0. The normalized spacial score (nSPS) is 17.5. The van der Waals surface area contributed by atoms with Gasteiger partial charge in [0.05, 0.1) is 17.2 Å². The Morgan fingerprint density at radius 1 is 0.759 bits per heavy atom. The maximum Gasteiger partial charge on any atom is 0.299 e. The molecule has 29 heavy (non-hydrogen) atoms. The van der Waals surface area contributed by atoms with E-state index in [4.69, 9.17) is 0 Å². The molecule has 1 unspecified atom stereocenters. The van der Waals surface area contributed by atoms with Crippen LogP contribution in [0.4, 0.5) is 0 Å². The number of hydrogen-bond donors (Lipinski definition) is 0. The van der Waals surface area contributed by atoms with Crippen molar-refractivity contribution in [2.24, 2.45) is 0 Å². The predicted molar refractivity (Wildman–Crippen MR) is 119 cm³/mol. The number of hydrogen-bond acceptors (Lipinski definition) is 0. The Bertz CT molecular complexity index is 1220. The largest absolute Gasteiger partial charge is 0.299 e. The first kappa shape index (κ1) is 17.7. The summed E-state index contributed by atoms with van der Waals surface area (Å²) in [5.74, 6) is 1.20. The molecule has 1 aliphatic heterocycles. The molecule has 0 saturated heterocycles. The molecule has 2 heterocycles. The van der Waals surface area contributed by atoms with Crippen LogP contribution >= 0.6 is 0 Å². The van der Waals surface area contributed by atoms with Crippen LogP contribution < -0.4 is 4.57 Å². The third-order valence-corrected chi connectivity index (χ3v) is 6.17. The van der Waals surface area contributed by atoms with Gasteiger partial charge in [0.1, 0.15) is 5.69 Å². The fourth-order valence-corrected chi connectivity index (χ4v) is 4.71. The average molecular weight is 378 g/mol. The maximum atomic E-state index is 2.42. The summed E-state index contributed by atoms with van der Waals surface area (Å²) in [6.45, 7) is 6.76. The van der Waals surface area contributed by atoms with Gasteiger partial charge >= 0.3 is 0 Å². The maximum absolute atomic E-state index is 2.42. The van der Waals surface area contributed by atoms with Gasteiger partial charge in [-0.05, 0) is 49.2 Å². The van der Waals surface area contributed by atoms with Gasteiger partial charge in [-0.15, -0.1) is 0 Å². The summed E-state index contributed by atoms with van der Waals surface area (Å²) >= 11 is 0. The lowest BCUT2D eigenvalue weighted by atomic mass is 9.80. The molecule has 0 fully saturated rings. The van der Waals surface area contributed by atoms with Crippen molar-refractivity contribution >= 4 is 6.20 Å². The minimum Gasteiger partial charge on any atom is -0.198 e. The topological polar surface area (TPSA) is 8.81 Å². The molecule has 0 bridgehead atoms. The molecule has 1 aliphatic rings. The molecule has 142 valence electrons. The second kappa shape index (κ2) is 6.59. The zero-order valence-corrected chi connectivity index (χ0v) is 17.1. The fourth-order valence-electron chi connectivity index (χ4n) is 4.71. The molecule has 0 aliphatic carbocycles. The van der Waals surface area contributed by atoms with Crippen molar-refractivity contribution in [1.29, 1.82) is 0 Å². The van der Waals surface area contributed by atoms with E-state index in [1.165, 1.54) is 39.6 Å². The summed E-state index contributed by atoms with van der Waals surface area (Å²) in [5.41, 5.74) is 7.46. The highest BCUT2D eigenvalue weighted by atomic mass is 15.2. The first-order valence-electron chi connectivity index (χ1n) is 10.1. The fraction of sp³-hybridized carbons (Fsp3) is 0.148. The molecule has 0 spiro atoms. The van der Waals surface area contributed by atoms with Crippen molar-refractivity contribution in [2.75, 3.05) is 0 Å². The van der Waals surface area contributed by atoms with E-state index in [9.17, 15) is 0 Å². The molecule has 2 heteroatoms. The Kier molecular flexibility index (Phi) is 4.02. The minimum atomic E-state index is -0.164. The Balaban J connectivity index is 1.86. The highest BCUT2D eigenvalue weighted by Gasteiger charge is 2.44. The lowest BCUT2D eigenvalue weighted by Crippen LogP contribution is -2.34. The van der Waals surface area contributed by atoms with Crippen LogP contribution in [0.15, 0.2) is 91.0 Å². The molecule has 0 amide bonds. The smallest absolute Gasteiger partial charge is 0.198 e. The summed E-state index contributed by atoms with van der Waals surface area (Å²) in [6.07, 6.45) is 4.58. The van der Waals surface area contributed by atoms with Crippen LogP contribution in [-0.4, -0.2) is 4.57 Å². The van der Waals surface area contributed by atoms with Gasteiger partial charge in [0.25, 0.3) is 5.82 Å².